The van der Waals surface area contributed by atoms with Crippen molar-refractivity contribution in [2.24, 2.45) is 5.73 Å². The summed E-state index contributed by atoms with van der Waals surface area (Å²) in [6.45, 7) is 0.309. The molecule has 0 bridgehead atoms. The Labute approximate surface area is 95.7 Å². The number of rotatable bonds is 4. The smallest absolute Gasteiger partial charge is 0.160 e. The van der Waals surface area contributed by atoms with E-state index in [4.69, 9.17) is 10.2 Å². The van der Waals surface area contributed by atoms with Crippen molar-refractivity contribution in [3.63, 3.8) is 0 Å². The Morgan fingerprint density at radius 2 is 1.88 bits per heavy atom. The second kappa shape index (κ2) is 4.59. The zero-order valence-electron chi connectivity index (χ0n) is 9.19. The number of hydrogen-bond acceptors (Lipinski definition) is 4. The van der Waals surface area contributed by atoms with Gasteiger partial charge in [0.25, 0.3) is 0 Å². The maximum Gasteiger partial charge on any atom is 0.160 e. The molecule has 0 unspecified atom stereocenters. The molecule has 1 heterocycles. The number of hydrogen-bond donors (Lipinski definition) is 1. The van der Waals surface area contributed by atoms with Crippen LogP contribution in [-0.2, 0) is 22.1 Å². The van der Waals surface area contributed by atoms with Crippen molar-refractivity contribution in [3.8, 4) is 0 Å². The molecule has 0 amide bonds. The van der Waals surface area contributed by atoms with Crippen LogP contribution in [0, 0.1) is 0 Å². The first-order chi connectivity index (χ1) is 7.62. The summed E-state index contributed by atoms with van der Waals surface area (Å²) in [5.74, 6) is 1.15. The van der Waals surface area contributed by atoms with Crippen LogP contribution in [0.15, 0.2) is 16.5 Å². The van der Waals surface area contributed by atoms with Gasteiger partial charge < -0.3 is 10.2 Å². The highest BCUT2D eigenvalue weighted by Gasteiger charge is 2.29. The minimum atomic E-state index is -3.04. The fraction of sp³-hybridized carbons (Fsp3) is 0.636. The van der Waals surface area contributed by atoms with Crippen LogP contribution < -0.4 is 5.73 Å². The molecular weight excluding hydrogens is 226 g/mol. The van der Waals surface area contributed by atoms with Crippen molar-refractivity contribution >= 4 is 9.84 Å². The van der Waals surface area contributed by atoms with E-state index in [0.717, 1.165) is 25.7 Å². The van der Waals surface area contributed by atoms with Gasteiger partial charge in [0, 0.05) is 0 Å². The fourth-order valence-electron chi connectivity index (χ4n) is 2.17. The summed E-state index contributed by atoms with van der Waals surface area (Å²) in [4.78, 5) is 0. The van der Waals surface area contributed by atoms with Gasteiger partial charge in [-0.2, -0.15) is 0 Å². The fourth-order valence-corrected chi connectivity index (χ4v) is 4.01. The van der Waals surface area contributed by atoms with Crippen molar-refractivity contribution < 1.29 is 12.8 Å². The Hall–Kier alpha value is -0.810. The second-order valence-electron chi connectivity index (χ2n) is 4.29. The monoisotopic (exact) mass is 243 g/mol. The molecule has 1 aliphatic carbocycles. The molecule has 1 aliphatic rings. The van der Waals surface area contributed by atoms with Crippen molar-refractivity contribution in [3.05, 3.63) is 23.7 Å². The molecule has 0 spiro atoms. The lowest BCUT2D eigenvalue weighted by Crippen LogP contribution is -2.19. The van der Waals surface area contributed by atoms with Gasteiger partial charge in [0.15, 0.2) is 9.84 Å². The lowest BCUT2D eigenvalue weighted by atomic mass is 10.4. The standard InChI is InChI=1S/C11H17NO3S/c12-7-9-5-6-10(15-9)8-16(13,14)11-3-1-2-4-11/h5-6,11H,1-4,7-8,12H2. The summed E-state index contributed by atoms with van der Waals surface area (Å²) in [7, 11) is -3.04. The molecule has 5 heteroatoms. The van der Waals surface area contributed by atoms with Crippen LogP contribution in [0.2, 0.25) is 0 Å². The first-order valence-electron chi connectivity index (χ1n) is 5.61. The largest absolute Gasteiger partial charge is 0.464 e. The second-order valence-corrected chi connectivity index (χ2v) is 6.57. The Balaban J connectivity index is 2.08. The Morgan fingerprint density at radius 1 is 1.25 bits per heavy atom. The molecule has 1 saturated carbocycles. The summed E-state index contributed by atoms with van der Waals surface area (Å²) in [6, 6.07) is 3.44. The molecular formula is C11H17NO3S. The molecule has 2 rings (SSSR count). The predicted molar refractivity (Wildman–Crippen MR) is 61.5 cm³/mol. The van der Waals surface area contributed by atoms with E-state index in [2.05, 4.69) is 0 Å². The quantitative estimate of drug-likeness (QED) is 0.871. The topological polar surface area (TPSA) is 73.3 Å². The SMILES string of the molecule is NCc1ccc(CS(=O)(=O)C2CCCC2)o1. The van der Waals surface area contributed by atoms with Gasteiger partial charge in [0.05, 0.1) is 11.8 Å². The molecule has 0 atom stereocenters. The van der Waals surface area contributed by atoms with Gasteiger partial charge in [-0.1, -0.05) is 12.8 Å². The molecule has 4 nitrogen and oxygen atoms in total. The highest BCUT2D eigenvalue weighted by Crippen LogP contribution is 2.27. The van der Waals surface area contributed by atoms with Crippen molar-refractivity contribution in [1.82, 2.24) is 0 Å². The molecule has 0 radical (unpaired) electrons. The summed E-state index contributed by atoms with van der Waals surface area (Å²) >= 11 is 0. The van der Waals surface area contributed by atoms with E-state index in [-0.39, 0.29) is 11.0 Å². The number of furan rings is 1. The van der Waals surface area contributed by atoms with E-state index in [1.54, 1.807) is 12.1 Å². The minimum Gasteiger partial charge on any atom is -0.464 e. The van der Waals surface area contributed by atoms with Crippen LogP contribution in [-0.4, -0.2) is 13.7 Å². The van der Waals surface area contributed by atoms with Gasteiger partial charge in [-0.3, -0.25) is 0 Å². The lowest BCUT2D eigenvalue weighted by Gasteiger charge is -2.09. The molecule has 2 N–H and O–H groups in total. The molecule has 1 aromatic heterocycles. The average Bonchev–Trinajstić information content (AvgIpc) is 2.86. The van der Waals surface area contributed by atoms with Gasteiger partial charge in [-0.25, -0.2) is 8.42 Å². The highest BCUT2D eigenvalue weighted by molar-refractivity contribution is 7.91. The minimum absolute atomic E-state index is 0.0116. The maximum atomic E-state index is 12.0. The van der Waals surface area contributed by atoms with Crippen LogP contribution in [0.1, 0.15) is 37.2 Å². The van der Waals surface area contributed by atoms with Gasteiger partial charge >= 0.3 is 0 Å². The van der Waals surface area contributed by atoms with Crippen molar-refractivity contribution in [2.75, 3.05) is 0 Å². The Kier molecular flexibility index (Phi) is 3.35. The molecule has 16 heavy (non-hydrogen) atoms. The van der Waals surface area contributed by atoms with Crippen molar-refractivity contribution in [2.45, 2.75) is 43.2 Å². The molecule has 1 aromatic rings. The number of sulfone groups is 1. The Morgan fingerprint density at radius 3 is 2.44 bits per heavy atom. The summed E-state index contributed by atoms with van der Waals surface area (Å²) in [5, 5.41) is -0.168. The summed E-state index contributed by atoms with van der Waals surface area (Å²) in [6.07, 6.45) is 3.64. The maximum absolute atomic E-state index is 12.0. The first kappa shape index (κ1) is 11.7. The van der Waals surface area contributed by atoms with E-state index in [0.29, 0.717) is 18.1 Å². The molecule has 90 valence electrons. The molecule has 0 aromatic carbocycles. The third kappa shape index (κ3) is 2.47. The molecule has 0 saturated heterocycles. The lowest BCUT2D eigenvalue weighted by molar-refractivity contribution is 0.476. The highest BCUT2D eigenvalue weighted by atomic mass is 32.2. The number of nitrogens with two attached hydrogens (primary N) is 1. The van der Waals surface area contributed by atoms with E-state index in [1.165, 1.54) is 0 Å². The molecule has 1 fully saturated rings. The van der Waals surface area contributed by atoms with Crippen LogP contribution in [0.25, 0.3) is 0 Å². The van der Waals surface area contributed by atoms with Gasteiger partial charge in [0.1, 0.15) is 17.3 Å². The van der Waals surface area contributed by atoms with E-state index < -0.39 is 9.84 Å². The Bertz CT molecular complexity index is 444. The van der Waals surface area contributed by atoms with Crippen LogP contribution in [0.4, 0.5) is 0 Å². The zero-order valence-corrected chi connectivity index (χ0v) is 10.0. The normalized spacial score (nSPS) is 18.1. The van der Waals surface area contributed by atoms with Gasteiger partial charge in [0.2, 0.25) is 0 Å². The van der Waals surface area contributed by atoms with Gasteiger partial charge in [-0.15, -0.1) is 0 Å². The van der Waals surface area contributed by atoms with Gasteiger partial charge in [-0.05, 0) is 25.0 Å². The van der Waals surface area contributed by atoms with E-state index in [1.807, 2.05) is 0 Å². The van der Waals surface area contributed by atoms with E-state index in [9.17, 15) is 8.42 Å². The van der Waals surface area contributed by atoms with Crippen LogP contribution in [0.5, 0.6) is 0 Å². The zero-order chi connectivity index (χ0) is 11.6. The van der Waals surface area contributed by atoms with Crippen LogP contribution >= 0.6 is 0 Å². The third-order valence-electron chi connectivity index (χ3n) is 3.07. The average molecular weight is 243 g/mol. The van der Waals surface area contributed by atoms with Crippen LogP contribution in [0.3, 0.4) is 0 Å². The molecule has 0 aliphatic heterocycles. The summed E-state index contributed by atoms with van der Waals surface area (Å²) < 4.78 is 29.3. The van der Waals surface area contributed by atoms with Crippen molar-refractivity contribution in [1.29, 1.82) is 0 Å². The predicted octanol–water partition coefficient (Wildman–Crippen LogP) is 1.60. The van der Waals surface area contributed by atoms with E-state index >= 15 is 0 Å². The first-order valence-corrected chi connectivity index (χ1v) is 7.32. The summed E-state index contributed by atoms with van der Waals surface area (Å²) in [5.41, 5.74) is 5.41. The third-order valence-corrected chi connectivity index (χ3v) is 5.25.